The van der Waals surface area contributed by atoms with E-state index in [9.17, 15) is 4.79 Å². The number of piperidine rings is 1. The van der Waals surface area contributed by atoms with Crippen molar-refractivity contribution in [2.75, 3.05) is 45.3 Å². The number of amides is 2. The lowest BCUT2D eigenvalue weighted by molar-refractivity contribution is -0.0950. The second-order valence-electron chi connectivity index (χ2n) is 5.85. The van der Waals surface area contributed by atoms with Crippen molar-refractivity contribution in [2.24, 2.45) is 5.92 Å². The van der Waals surface area contributed by atoms with Gasteiger partial charge in [0, 0.05) is 32.3 Å². The molecule has 1 aromatic heterocycles. The first-order chi connectivity index (χ1) is 11.3. The number of nitrogens with zero attached hydrogens (tertiary/aromatic N) is 3. The molecule has 1 aromatic rings. The van der Waals surface area contributed by atoms with Gasteiger partial charge in [0.15, 0.2) is 6.29 Å². The molecule has 3 rings (SSSR count). The van der Waals surface area contributed by atoms with Crippen molar-refractivity contribution in [1.82, 2.24) is 14.7 Å². The highest BCUT2D eigenvalue weighted by molar-refractivity contribution is 5.89. The Balaban J connectivity index is 1.44. The highest BCUT2D eigenvalue weighted by atomic mass is 16.7. The largest absolute Gasteiger partial charge is 0.383 e. The third-order valence-electron chi connectivity index (χ3n) is 4.27. The molecule has 2 aliphatic rings. The minimum absolute atomic E-state index is 0.0806. The molecular formula is C15H24N4O4. The Morgan fingerprint density at radius 2 is 2.13 bits per heavy atom. The fraction of sp³-hybridized carbons (Fsp3) is 0.733. The Kier molecular flexibility index (Phi) is 5.47. The number of hydrogen-bond acceptors (Lipinski definition) is 5. The van der Waals surface area contributed by atoms with Gasteiger partial charge in [-0.2, -0.15) is 5.10 Å². The van der Waals surface area contributed by atoms with Gasteiger partial charge in [0.25, 0.3) is 0 Å². The van der Waals surface area contributed by atoms with Crippen molar-refractivity contribution in [2.45, 2.75) is 25.7 Å². The summed E-state index contributed by atoms with van der Waals surface area (Å²) in [6, 6.07) is -0.0806. The van der Waals surface area contributed by atoms with Gasteiger partial charge in [-0.15, -0.1) is 0 Å². The van der Waals surface area contributed by atoms with E-state index in [4.69, 9.17) is 14.2 Å². The van der Waals surface area contributed by atoms with Crippen molar-refractivity contribution in [3.05, 3.63) is 12.4 Å². The minimum atomic E-state index is -0.0840. The molecule has 0 bridgehead atoms. The molecule has 0 unspecified atom stereocenters. The molecular weight excluding hydrogens is 300 g/mol. The van der Waals surface area contributed by atoms with Gasteiger partial charge < -0.3 is 24.4 Å². The van der Waals surface area contributed by atoms with E-state index >= 15 is 0 Å². The molecule has 0 radical (unpaired) electrons. The standard InChI is InChI=1S/C15H24N4O4/c1-21-7-6-19-11-13(10-16-19)17-15(20)18-4-2-12(3-5-18)14-22-8-9-23-14/h10-12,14H,2-9H2,1H3,(H,17,20). The summed E-state index contributed by atoms with van der Waals surface area (Å²) in [5.74, 6) is 0.387. The second-order valence-corrected chi connectivity index (χ2v) is 5.85. The first kappa shape index (κ1) is 16.2. The fourth-order valence-electron chi connectivity index (χ4n) is 2.96. The normalized spacial score (nSPS) is 20.1. The lowest BCUT2D eigenvalue weighted by Gasteiger charge is -2.33. The van der Waals surface area contributed by atoms with Crippen LogP contribution in [0.25, 0.3) is 0 Å². The number of nitrogens with one attached hydrogen (secondary N) is 1. The molecule has 1 N–H and O–H groups in total. The molecule has 2 saturated heterocycles. The van der Waals surface area contributed by atoms with Crippen LogP contribution in [0.5, 0.6) is 0 Å². The summed E-state index contributed by atoms with van der Waals surface area (Å²) in [4.78, 5) is 14.1. The molecule has 8 heteroatoms. The van der Waals surface area contributed by atoms with Crippen LogP contribution in [0.4, 0.5) is 10.5 Å². The Labute approximate surface area is 135 Å². The van der Waals surface area contributed by atoms with Gasteiger partial charge in [0.1, 0.15) is 0 Å². The summed E-state index contributed by atoms with van der Waals surface area (Å²) in [7, 11) is 1.65. The zero-order valence-electron chi connectivity index (χ0n) is 13.4. The van der Waals surface area contributed by atoms with Gasteiger partial charge in [0.05, 0.1) is 38.2 Å². The summed E-state index contributed by atoms with van der Waals surface area (Å²) in [5.41, 5.74) is 0.704. The average molecular weight is 324 g/mol. The number of hydrogen-bond donors (Lipinski definition) is 1. The molecule has 8 nitrogen and oxygen atoms in total. The molecule has 2 aliphatic heterocycles. The SMILES string of the molecule is COCCn1cc(NC(=O)N2CCC(C3OCCO3)CC2)cn1. The fourth-order valence-corrected chi connectivity index (χ4v) is 2.96. The van der Waals surface area contributed by atoms with Crippen LogP contribution in [0, 0.1) is 5.92 Å². The second kappa shape index (κ2) is 7.76. The Bertz CT molecular complexity index is 507. The first-order valence-corrected chi connectivity index (χ1v) is 8.07. The Morgan fingerprint density at radius 1 is 1.39 bits per heavy atom. The van der Waals surface area contributed by atoms with Crippen molar-refractivity contribution >= 4 is 11.7 Å². The molecule has 0 saturated carbocycles. The lowest BCUT2D eigenvalue weighted by atomic mass is 9.96. The third-order valence-corrected chi connectivity index (χ3v) is 4.27. The van der Waals surface area contributed by atoms with Crippen LogP contribution >= 0.6 is 0 Å². The molecule has 2 amide bonds. The van der Waals surface area contributed by atoms with Crippen LogP contribution in [0.15, 0.2) is 12.4 Å². The average Bonchev–Trinajstić information content (AvgIpc) is 3.25. The van der Waals surface area contributed by atoms with E-state index in [1.165, 1.54) is 0 Å². The number of likely N-dealkylation sites (tertiary alicyclic amines) is 1. The van der Waals surface area contributed by atoms with Gasteiger partial charge in [-0.25, -0.2) is 4.79 Å². The number of anilines is 1. The maximum Gasteiger partial charge on any atom is 0.321 e. The molecule has 0 aromatic carbocycles. The summed E-state index contributed by atoms with van der Waals surface area (Å²) >= 11 is 0. The highest BCUT2D eigenvalue weighted by Gasteiger charge is 2.31. The van der Waals surface area contributed by atoms with Gasteiger partial charge in [-0.1, -0.05) is 0 Å². The summed E-state index contributed by atoms with van der Waals surface area (Å²) in [5, 5.41) is 7.08. The maximum atomic E-state index is 12.3. The van der Waals surface area contributed by atoms with E-state index in [0.717, 1.165) is 25.9 Å². The van der Waals surface area contributed by atoms with E-state index in [-0.39, 0.29) is 12.3 Å². The van der Waals surface area contributed by atoms with Crippen LogP contribution in [-0.4, -0.2) is 67.0 Å². The molecule has 0 atom stereocenters. The lowest BCUT2D eigenvalue weighted by Crippen LogP contribution is -2.43. The predicted molar refractivity (Wildman–Crippen MR) is 83.1 cm³/mol. The zero-order chi connectivity index (χ0) is 16.1. The predicted octanol–water partition coefficient (Wildman–Crippen LogP) is 1.15. The van der Waals surface area contributed by atoms with Crippen LogP contribution < -0.4 is 5.32 Å². The quantitative estimate of drug-likeness (QED) is 0.879. The van der Waals surface area contributed by atoms with Crippen molar-refractivity contribution in [1.29, 1.82) is 0 Å². The van der Waals surface area contributed by atoms with Crippen molar-refractivity contribution in [3.63, 3.8) is 0 Å². The van der Waals surface area contributed by atoms with Crippen LogP contribution in [-0.2, 0) is 20.8 Å². The van der Waals surface area contributed by atoms with Gasteiger partial charge in [-0.3, -0.25) is 4.68 Å². The van der Waals surface area contributed by atoms with Crippen LogP contribution in [0.2, 0.25) is 0 Å². The highest BCUT2D eigenvalue weighted by Crippen LogP contribution is 2.26. The number of carbonyl (C=O) groups is 1. The van der Waals surface area contributed by atoms with E-state index in [0.29, 0.717) is 38.0 Å². The van der Waals surface area contributed by atoms with E-state index < -0.39 is 0 Å². The summed E-state index contributed by atoms with van der Waals surface area (Å²) in [6.07, 6.45) is 5.19. The molecule has 2 fully saturated rings. The van der Waals surface area contributed by atoms with E-state index in [1.807, 2.05) is 11.1 Å². The van der Waals surface area contributed by atoms with E-state index in [2.05, 4.69) is 10.4 Å². The van der Waals surface area contributed by atoms with E-state index in [1.54, 1.807) is 18.0 Å². The van der Waals surface area contributed by atoms with Gasteiger partial charge in [0.2, 0.25) is 0 Å². The number of rotatable bonds is 5. The number of methoxy groups -OCH3 is 1. The van der Waals surface area contributed by atoms with Gasteiger partial charge >= 0.3 is 6.03 Å². The maximum absolute atomic E-state index is 12.3. The number of urea groups is 1. The molecule has 128 valence electrons. The third kappa shape index (κ3) is 4.21. The zero-order valence-corrected chi connectivity index (χ0v) is 13.4. The number of ether oxygens (including phenoxy) is 3. The number of carbonyl (C=O) groups excluding carboxylic acids is 1. The van der Waals surface area contributed by atoms with Crippen LogP contribution in [0.3, 0.4) is 0 Å². The smallest absolute Gasteiger partial charge is 0.321 e. The Morgan fingerprint density at radius 3 is 2.83 bits per heavy atom. The molecule has 0 spiro atoms. The summed E-state index contributed by atoms with van der Waals surface area (Å²) < 4.78 is 17.9. The minimum Gasteiger partial charge on any atom is -0.383 e. The molecule has 3 heterocycles. The number of aromatic nitrogens is 2. The Hall–Kier alpha value is -1.64. The van der Waals surface area contributed by atoms with Gasteiger partial charge in [-0.05, 0) is 12.8 Å². The monoisotopic (exact) mass is 324 g/mol. The topological polar surface area (TPSA) is 77.9 Å². The van der Waals surface area contributed by atoms with Crippen LogP contribution in [0.1, 0.15) is 12.8 Å². The summed E-state index contributed by atoms with van der Waals surface area (Å²) in [6.45, 7) is 4.05. The molecule has 23 heavy (non-hydrogen) atoms. The van der Waals surface area contributed by atoms with Crippen molar-refractivity contribution in [3.8, 4) is 0 Å². The first-order valence-electron chi connectivity index (χ1n) is 8.07. The molecule has 0 aliphatic carbocycles. The van der Waals surface area contributed by atoms with Crippen molar-refractivity contribution < 1.29 is 19.0 Å².